The Morgan fingerprint density at radius 2 is 1.62 bits per heavy atom. The number of anilines is 2. The molecular weight excluding hydrogens is 332 g/mol. The molecule has 0 heterocycles. The van der Waals surface area contributed by atoms with Crippen LogP contribution in [0.4, 0.5) is 11.4 Å². The number of carbonyl (C=O) groups is 3. The van der Waals surface area contributed by atoms with Crippen molar-refractivity contribution in [3.63, 3.8) is 0 Å². The topological polar surface area (TPSA) is 84.5 Å². The van der Waals surface area contributed by atoms with Crippen LogP contribution in [0.1, 0.15) is 41.5 Å². The van der Waals surface area contributed by atoms with E-state index in [0.29, 0.717) is 16.9 Å². The van der Waals surface area contributed by atoms with Crippen LogP contribution >= 0.6 is 0 Å². The molecule has 136 valence electrons. The number of carbonyl (C=O) groups excluding carboxylic acids is 3. The van der Waals surface area contributed by atoms with E-state index >= 15 is 0 Å². The lowest BCUT2D eigenvalue weighted by Gasteiger charge is -2.18. The Hall–Kier alpha value is -3.15. The van der Waals surface area contributed by atoms with E-state index in [9.17, 15) is 14.4 Å². The molecule has 0 fully saturated rings. The van der Waals surface area contributed by atoms with Crippen LogP contribution < -0.4 is 10.6 Å². The summed E-state index contributed by atoms with van der Waals surface area (Å²) < 4.78 is 4.72. The van der Waals surface area contributed by atoms with Gasteiger partial charge in [0.15, 0.2) is 0 Å². The van der Waals surface area contributed by atoms with Crippen molar-refractivity contribution in [2.45, 2.75) is 20.8 Å². The predicted octanol–water partition coefficient (Wildman–Crippen LogP) is 3.71. The summed E-state index contributed by atoms with van der Waals surface area (Å²) in [4.78, 5) is 36.4. The molecule has 0 saturated heterocycles. The van der Waals surface area contributed by atoms with Gasteiger partial charge in [0.25, 0.3) is 5.91 Å². The van der Waals surface area contributed by atoms with E-state index < -0.39 is 17.3 Å². The van der Waals surface area contributed by atoms with Crippen molar-refractivity contribution in [2.24, 2.45) is 5.41 Å². The first-order valence-corrected chi connectivity index (χ1v) is 8.12. The number of benzene rings is 2. The van der Waals surface area contributed by atoms with E-state index in [-0.39, 0.29) is 11.5 Å². The van der Waals surface area contributed by atoms with Gasteiger partial charge in [0.1, 0.15) is 0 Å². The molecule has 0 radical (unpaired) electrons. The van der Waals surface area contributed by atoms with Crippen LogP contribution in [0.3, 0.4) is 0 Å². The minimum absolute atomic E-state index is 0.147. The summed E-state index contributed by atoms with van der Waals surface area (Å²) in [5, 5.41) is 5.49. The molecule has 0 saturated carbocycles. The van der Waals surface area contributed by atoms with Gasteiger partial charge in [-0.1, -0.05) is 39.0 Å². The largest absolute Gasteiger partial charge is 0.465 e. The lowest BCUT2D eigenvalue weighted by Crippen LogP contribution is -2.27. The van der Waals surface area contributed by atoms with Gasteiger partial charge in [0.05, 0.1) is 18.4 Å². The van der Waals surface area contributed by atoms with Gasteiger partial charge in [-0.05, 0) is 30.3 Å². The van der Waals surface area contributed by atoms with Gasteiger partial charge in [-0.2, -0.15) is 0 Å². The van der Waals surface area contributed by atoms with Gasteiger partial charge in [-0.25, -0.2) is 4.79 Å². The fourth-order valence-electron chi connectivity index (χ4n) is 2.13. The summed E-state index contributed by atoms with van der Waals surface area (Å²) >= 11 is 0. The SMILES string of the molecule is COC(=O)c1ccccc1NC(=O)c1cccc(NC(=O)C(C)(C)C)c1. The van der Waals surface area contributed by atoms with Crippen LogP contribution in [0.2, 0.25) is 0 Å². The standard InChI is InChI=1S/C20H22N2O4/c1-20(2,3)19(25)21-14-9-7-8-13(12-14)17(23)22-16-11-6-5-10-15(16)18(24)26-4/h5-12H,1-4H3,(H,21,25)(H,22,23). The minimum atomic E-state index is -0.544. The maximum absolute atomic E-state index is 12.5. The number of hydrogen-bond acceptors (Lipinski definition) is 4. The van der Waals surface area contributed by atoms with Gasteiger partial charge in [0.2, 0.25) is 5.91 Å². The van der Waals surface area contributed by atoms with E-state index in [1.165, 1.54) is 7.11 Å². The highest BCUT2D eigenvalue weighted by molar-refractivity contribution is 6.08. The summed E-state index contributed by atoms with van der Waals surface area (Å²) in [7, 11) is 1.28. The van der Waals surface area contributed by atoms with Crippen LogP contribution in [0.15, 0.2) is 48.5 Å². The zero-order valence-corrected chi connectivity index (χ0v) is 15.3. The molecule has 2 aromatic carbocycles. The highest BCUT2D eigenvalue weighted by Crippen LogP contribution is 2.20. The summed E-state index contributed by atoms with van der Waals surface area (Å²) in [6, 6.07) is 13.2. The Labute approximate surface area is 152 Å². The Kier molecular flexibility index (Phi) is 5.77. The third-order valence-corrected chi connectivity index (χ3v) is 3.64. The number of para-hydroxylation sites is 1. The molecule has 0 bridgehead atoms. The fraction of sp³-hybridized carbons (Fsp3) is 0.250. The molecule has 0 spiro atoms. The van der Waals surface area contributed by atoms with Crippen LogP contribution in [0.5, 0.6) is 0 Å². The molecule has 0 aromatic heterocycles. The fourth-order valence-corrected chi connectivity index (χ4v) is 2.13. The lowest BCUT2D eigenvalue weighted by atomic mass is 9.95. The highest BCUT2D eigenvalue weighted by Gasteiger charge is 2.21. The van der Waals surface area contributed by atoms with Crippen molar-refractivity contribution in [1.82, 2.24) is 0 Å². The lowest BCUT2D eigenvalue weighted by molar-refractivity contribution is -0.123. The molecule has 6 nitrogen and oxygen atoms in total. The Morgan fingerprint density at radius 1 is 0.923 bits per heavy atom. The van der Waals surface area contributed by atoms with E-state index in [0.717, 1.165) is 0 Å². The molecule has 2 amide bonds. The minimum Gasteiger partial charge on any atom is -0.465 e. The number of hydrogen-bond donors (Lipinski definition) is 2. The second kappa shape index (κ2) is 7.82. The normalized spacial score (nSPS) is 10.8. The highest BCUT2D eigenvalue weighted by atomic mass is 16.5. The number of esters is 1. The third kappa shape index (κ3) is 4.69. The zero-order chi connectivity index (χ0) is 19.3. The monoisotopic (exact) mass is 354 g/mol. The van der Waals surface area contributed by atoms with Gasteiger partial charge in [-0.3, -0.25) is 9.59 Å². The zero-order valence-electron chi connectivity index (χ0n) is 15.3. The molecule has 0 atom stereocenters. The van der Waals surface area contributed by atoms with Gasteiger partial charge in [-0.15, -0.1) is 0 Å². The van der Waals surface area contributed by atoms with Gasteiger partial charge >= 0.3 is 5.97 Å². The average molecular weight is 354 g/mol. The molecule has 2 rings (SSSR count). The molecule has 0 aliphatic carbocycles. The van der Waals surface area contributed by atoms with Crippen molar-refractivity contribution in [3.8, 4) is 0 Å². The van der Waals surface area contributed by atoms with E-state index in [2.05, 4.69) is 10.6 Å². The molecule has 0 aliphatic heterocycles. The number of amides is 2. The summed E-state index contributed by atoms with van der Waals surface area (Å²) in [6.07, 6.45) is 0. The van der Waals surface area contributed by atoms with Crippen molar-refractivity contribution in [2.75, 3.05) is 17.7 Å². The first kappa shape index (κ1) is 19.2. The second-order valence-corrected chi connectivity index (χ2v) is 6.78. The molecule has 2 N–H and O–H groups in total. The van der Waals surface area contributed by atoms with Gasteiger partial charge < -0.3 is 15.4 Å². The maximum atomic E-state index is 12.5. The quantitative estimate of drug-likeness (QED) is 0.820. The maximum Gasteiger partial charge on any atom is 0.339 e. The van der Waals surface area contributed by atoms with E-state index in [4.69, 9.17) is 4.74 Å². The summed E-state index contributed by atoms with van der Waals surface area (Å²) in [5.74, 6) is -1.08. The average Bonchev–Trinajstić information content (AvgIpc) is 2.61. The molecule has 0 aliphatic rings. The van der Waals surface area contributed by atoms with Crippen molar-refractivity contribution in [1.29, 1.82) is 0 Å². The molecule has 6 heteroatoms. The van der Waals surface area contributed by atoms with Crippen molar-refractivity contribution < 1.29 is 19.1 Å². The predicted molar refractivity (Wildman–Crippen MR) is 100 cm³/mol. The summed E-state index contributed by atoms with van der Waals surface area (Å²) in [6.45, 7) is 5.42. The molecule has 0 unspecified atom stereocenters. The number of nitrogens with one attached hydrogen (secondary N) is 2. The Balaban J connectivity index is 2.20. The van der Waals surface area contributed by atoms with Crippen molar-refractivity contribution >= 4 is 29.2 Å². The van der Waals surface area contributed by atoms with Crippen molar-refractivity contribution in [3.05, 3.63) is 59.7 Å². The number of methoxy groups -OCH3 is 1. The molecule has 2 aromatic rings. The van der Waals surface area contributed by atoms with Crippen LogP contribution in [-0.2, 0) is 9.53 Å². The van der Waals surface area contributed by atoms with E-state index in [1.54, 1.807) is 48.5 Å². The molecule has 26 heavy (non-hydrogen) atoms. The first-order valence-electron chi connectivity index (χ1n) is 8.12. The van der Waals surface area contributed by atoms with Crippen LogP contribution in [0, 0.1) is 5.41 Å². The molecular formula is C20H22N2O4. The van der Waals surface area contributed by atoms with Gasteiger partial charge in [0, 0.05) is 16.7 Å². The third-order valence-electron chi connectivity index (χ3n) is 3.64. The number of ether oxygens (including phenoxy) is 1. The smallest absolute Gasteiger partial charge is 0.339 e. The van der Waals surface area contributed by atoms with E-state index in [1.807, 2.05) is 20.8 Å². The van der Waals surface area contributed by atoms with Crippen LogP contribution in [-0.4, -0.2) is 24.9 Å². The number of rotatable bonds is 4. The van der Waals surface area contributed by atoms with Crippen LogP contribution in [0.25, 0.3) is 0 Å². The summed E-state index contributed by atoms with van der Waals surface area (Å²) in [5.41, 5.74) is 0.960. The second-order valence-electron chi connectivity index (χ2n) is 6.78. The Morgan fingerprint density at radius 3 is 2.27 bits per heavy atom. The Bertz CT molecular complexity index is 838. The first-order chi connectivity index (χ1) is 12.2.